The van der Waals surface area contributed by atoms with Gasteiger partial charge >= 0.3 is 6.61 Å². The molecule has 26 heavy (non-hydrogen) atoms. The summed E-state index contributed by atoms with van der Waals surface area (Å²) in [5, 5.41) is 3.51. The fraction of sp³-hybridized carbons (Fsp3) is 0.111. The number of carbonyl (C=O) groups excluding carboxylic acids is 1. The number of hydrogen-bond acceptors (Lipinski definition) is 5. The number of hydrogen-bond donors (Lipinski definition) is 1. The van der Waals surface area contributed by atoms with Crippen molar-refractivity contribution in [3.05, 3.63) is 70.5 Å². The molecule has 0 aliphatic carbocycles. The Balaban J connectivity index is 1.77. The summed E-state index contributed by atoms with van der Waals surface area (Å²) in [5.41, 5.74) is 1.52. The third-order valence-electron chi connectivity index (χ3n) is 3.44. The molecule has 0 unspecified atom stereocenters. The Morgan fingerprint density at radius 2 is 1.77 bits per heavy atom. The van der Waals surface area contributed by atoms with Gasteiger partial charge in [0.2, 0.25) is 5.78 Å². The molecule has 3 rings (SSSR count). The zero-order valence-electron chi connectivity index (χ0n) is 13.5. The fourth-order valence-corrected chi connectivity index (χ4v) is 3.18. The van der Waals surface area contributed by atoms with Gasteiger partial charge in [0, 0.05) is 11.3 Å². The van der Waals surface area contributed by atoms with Gasteiger partial charge in [0.05, 0.1) is 10.6 Å². The second kappa shape index (κ2) is 7.57. The van der Waals surface area contributed by atoms with Crippen LogP contribution in [-0.2, 0) is 0 Å². The molecule has 0 aliphatic heterocycles. The van der Waals surface area contributed by atoms with Gasteiger partial charge in [-0.25, -0.2) is 9.37 Å². The van der Waals surface area contributed by atoms with Crippen LogP contribution >= 0.6 is 11.3 Å². The van der Waals surface area contributed by atoms with Crippen molar-refractivity contribution in [2.24, 2.45) is 0 Å². The quantitative estimate of drug-likeness (QED) is 0.602. The minimum Gasteiger partial charge on any atom is -0.435 e. The molecule has 4 nitrogen and oxygen atoms in total. The van der Waals surface area contributed by atoms with Gasteiger partial charge in [0.15, 0.2) is 5.13 Å². The van der Waals surface area contributed by atoms with E-state index in [2.05, 4.69) is 15.0 Å². The Hall–Kier alpha value is -2.87. The summed E-state index contributed by atoms with van der Waals surface area (Å²) >= 11 is 1.16. The maximum atomic E-state index is 12.9. The summed E-state index contributed by atoms with van der Waals surface area (Å²) in [6, 6.07) is 11.2. The fourth-order valence-electron chi connectivity index (χ4n) is 2.24. The molecule has 0 radical (unpaired) electrons. The van der Waals surface area contributed by atoms with Crippen LogP contribution in [0.5, 0.6) is 5.75 Å². The Morgan fingerprint density at radius 1 is 1.12 bits per heavy atom. The Bertz CT molecular complexity index is 909. The molecule has 8 heteroatoms. The number of halogens is 3. The lowest BCUT2D eigenvalue weighted by atomic mass is 10.1. The van der Waals surface area contributed by atoms with Crippen LogP contribution < -0.4 is 10.1 Å². The monoisotopic (exact) mass is 378 g/mol. The van der Waals surface area contributed by atoms with Gasteiger partial charge in [-0.2, -0.15) is 8.78 Å². The van der Waals surface area contributed by atoms with E-state index < -0.39 is 6.61 Å². The highest BCUT2D eigenvalue weighted by Crippen LogP contribution is 2.28. The van der Waals surface area contributed by atoms with Gasteiger partial charge < -0.3 is 10.1 Å². The first-order chi connectivity index (χ1) is 12.4. The van der Waals surface area contributed by atoms with Gasteiger partial charge in [-0.3, -0.25) is 4.79 Å². The lowest BCUT2D eigenvalue weighted by molar-refractivity contribution is -0.0498. The number of benzene rings is 2. The molecule has 0 atom stereocenters. The van der Waals surface area contributed by atoms with Gasteiger partial charge in [0.1, 0.15) is 11.6 Å². The molecular weight excluding hydrogens is 365 g/mol. The lowest BCUT2D eigenvalue weighted by Crippen LogP contribution is -2.03. The number of nitrogens with one attached hydrogen (secondary N) is 1. The van der Waals surface area contributed by atoms with Crippen LogP contribution in [0.15, 0.2) is 48.5 Å². The third kappa shape index (κ3) is 4.20. The molecular formula is C18H13F3N2O2S. The number of nitrogens with zero attached hydrogens (tertiary/aromatic N) is 1. The molecule has 1 N–H and O–H groups in total. The maximum absolute atomic E-state index is 12.9. The highest BCUT2D eigenvalue weighted by Gasteiger charge is 2.17. The van der Waals surface area contributed by atoms with Crippen molar-refractivity contribution in [2.75, 3.05) is 5.32 Å². The predicted molar refractivity (Wildman–Crippen MR) is 93.0 cm³/mol. The first kappa shape index (κ1) is 17.9. The molecule has 0 saturated carbocycles. The molecule has 0 saturated heterocycles. The van der Waals surface area contributed by atoms with Crippen molar-refractivity contribution >= 4 is 27.9 Å². The molecule has 2 aromatic carbocycles. The average molecular weight is 378 g/mol. The number of rotatable bonds is 6. The van der Waals surface area contributed by atoms with Crippen molar-refractivity contribution in [3.8, 4) is 5.75 Å². The summed E-state index contributed by atoms with van der Waals surface area (Å²) in [5.74, 6) is -0.631. The van der Waals surface area contributed by atoms with Crippen LogP contribution in [0, 0.1) is 12.7 Å². The molecule has 0 aliphatic rings. The molecule has 0 spiro atoms. The Morgan fingerprint density at radius 3 is 2.38 bits per heavy atom. The average Bonchev–Trinajstić information content (AvgIpc) is 2.97. The molecule has 0 amide bonds. The highest BCUT2D eigenvalue weighted by molar-refractivity contribution is 7.17. The second-order valence-electron chi connectivity index (χ2n) is 5.30. The number of alkyl halides is 2. The maximum Gasteiger partial charge on any atom is 0.387 e. The molecule has 1 heterocycles. The Labute approximate surface area is 151 Å². The molecule has 3 aromatic rings. The third-order valence-corrected chi connectivity index (χ3v) is 4.51. The van der Waals surface area contributed by atoms with Crippen LogP contribution in [0.3, 0.4) is 0 Å². The van der Waals surface area contributed by atoms with Crippen LogP contribution in [0.2, 0.25) is 0 Å². The van der Waals surface area contributed by atoms with Crippen molar-refractivity contribution < 1.29 is 22.7 Å². The summed E-state index contributed by atoms with van der Waals surface area (Å²) in [6.45, 7) is -1.21. The standard InChI is InChI=1S/C18H13F3N2O2S/c1-10-16(15(24)11-2-8-14(9-3-11)25-17(20)21)26-18(22-10)23-13-6-4-12(19)5-7-13/h2-9,17H,1H3,(H,22,23). The molecule has 134 valence electrons. The van der Waals surface area contributed by atoms with E-state index in [1.54, 1.807) is 19.1 Å². The largest absolute Gasteiger partial charge is 0.435 e. The van der Waals surface area contributed by atoms with E-state index in [1.807, 2.05) is 0 Å². The predicted octanol–water partition coefficient (Wildman–Crippen LogP) is 5.17. The number of ketones is 1. The topological polar surface area (TPSA) is 51.2 Å². The number of aromatic nitrogens is 1. The van der Waals surface area contributed by atoms with Crippen LogP contribution in [0.1, 0.15) is 20.9 Å². The first-order valence-corrected chi connectivity index (χ1v) is 8.33. The van der Waals surface area contributed by atoms with E-state index in [9.17, 15) is 18.0 Å². The Kier molecular flexibility index (Phi) is 5.22. The van der Waals surface area contributed by atoms with Gasteiger partial charge in [-0.05, 0) is 55.5 Å². The van der Waals surface area contributed by atoms with E-state index in [0.29, 0.717) is 27.0 Å². The zero-order valence-corrected chi connectivity index (χ0v) is 14.3. The summed E-state index contributed by atoms with van der Waals surface area (Å²) < 4.78 is 41.6. The van der Waals surface area contributed by atoms with E-state index >= 15 is 0 Å². The van der Waals surface area contributed by atoms with Crippen molar-refractivity contribution in [1.29, 1.82) is 0 Å². The van der Waals surface area contributed by atoms with Gasteiger partial charge in [-0.15, -0.1) is 0 Å². The lowest BCUT2D eigenvalue weighted by Gasteiger charge is -2.05. The van der Waals surface area contributed by atoms with E-state index in [-0.39, 0.29) is 17.3 Å². The van der Waals surface area contributed by atoms with Crippen LogP contribution in [-0.4, -0.2) is 17.4 Å². The summed E-state index contributed by atoms with van der Waals surface area (Å²) in [7, 11) is 0. The summed E-state index contributed by atoms with van der Waals surface area (Å²) in [4.78, 5) is 17.3. The first-order valence-electron chi connectivity index (χ1n) is 7.52. The SMILES string of the molecule is Cc1nc(Nc2ccc(F)cc2)sc1C(=O)c1ccc(OC(F)F)cc1. The smallest absolute Gasteiger partial charge is 0.387 e. The molecule has 0 fully saturated rings. The van der Waals surface area contributed by atoms with E-state index in [4.69, 9.17) is 0 Å². The van der Waals surface area contributed by atoms with E-state index in [0.717, 1.165) is 11.3 Å². The van der Waals surface area contributed by atoms with Gasteiger partial charge in [-0.1, -0.05) is 11.3 Å². The minimum absolute atomic E-state index is 0.0174. The van der Waals surface area contributed by atoms with Crippen LogP contribution in [0.4, 0.5) is 24.0 Å². The highest BCUT2D eigenvalue weighted by atomic mass is 32.1. The second-order valence-corrected chi connectivity index (χ2v) is 6.30. The van der Waals surface area contributed by atoms with Crippen molar-refractivity contribution in [2.45, 2.75) is 13.5 Å². The number of carbonyl (C=O) groups is 1. The molecule has 0 bridgehead atoms. The van der Waals surface area contributed by atoms with Crippen molar-refractivity contribution in [3.63, 3.8) is 0 Å². The summed E-state index contributed by atoms with van der Waals surface area (Å²) in [6.07, 6.45) is 0. The zero-order chi connectivity index (χ0) is 18.7. The number of thiazole rings is 1. The number of anilines is 2. The minimum atomic E-state index is -2.92. The molecule has 1 aromatic heterocycles. The van der Waals surface area contributed by atoms with Gasteiger partial charge in [0.25, 0.3) is 0 Å². The number of ether oxygens (including phenoxy) is 1. The normalized spacial score (nSPS) is 10.8. The van der Waals surface area contributed by atoms with Crippen LogP contribution in [0.25, 0.3) is 0 Å². The van der Waals surface area contributed by atoms with Crippen molar-refractivity contribution in [1.82, 2.24) is 4.98 Å². The number of aryl methyl sites for hydroxylation is 1. The van der Waals surface area contributed by atoms with E-state index in [1.165, 1.54) is 36.4 Å².